The van der Waals surface area contributed by atoms with E-state index in [4.69, 9.17) is 23.2 Å². The smallest absolute Gasteiger partial charge is 0.209 e. The highest BCUT2D eigenvalue weighted by Crippen LogP contribution is 2.30. The molecule has 6 heteroatoms. The molecule has 0 radical (unpaired) electrons. The van der Waals surface area contributed by atoms with Gasteiger partial charge in [-0.25, -0.2) is 13.1 Å². The number of benzene rings is 1. The van der Waals surface area contributed by atoms with Gasteiger partial charge in [0.05, 0.1) is 11.8 Å². The Morgan fingerprint density at radius 1 is 1.25 bits per heavy atom. The molecule has 0 aliphatic carbocycles. The molecule has 1 N–H and O–H groups in total. The second kappa shape index (κ2) is 4.53. The van der Waals surface area contributed by atoms with Crippen molar-refractivity contribution < 1.29 is 8.42 Å². The van der Waals surface area contributed by atoms with Crippen LogP contribution >= 0.6 is 23.2 Å². The van der Waals surface area contributed by atoms with Crippen LogP contribution in [0.4, 0.5) is 0 Å². The number of rotatable bonds is 3. The zero-order chi connectivity index (χ0) is 12.6. The first-order valence-corrected chi connectivity index (χ1v) is 7.21. The van der Waals surface area contributed by atoms with Crippen LogP contribution in [0.25, 0.3) is 0 Å². The summed E-state index contributed by atoms with van der Waals surface area (Å²) in [5, 5.41) is 0.956. The number of halogens is 2. The van der Waals surface area contributed by atoms with Gasteiger partial charge < -0.3 is 0 Å². The van der Waals surface area contributed by atoms with E-state index in [2.05, 4.69) is 4.72 Å². The summed E-state index contributed by atoms with van der Waals surface area (Å²) >= 11 is 11.8. The maximum Gasteiger partial charge on any atom is 0.209 e. The first-order valence-electron chi connectivity index (χ1n) is 4.56. The second-order valence-corrected chi connectivity index (χ2v) is 6.72. The fourth-order valence-corrected chi connectivity index (χ4v) is 3.20. The molecular formula is C10H13Cl2NO2S. The molecule has 90 valence electrons. The van der Waals surface area contributed by atoms with Crippen molar-refractivity contribution >= 4 is 33.2 Å². The molecule has 0 bridgehead atoms. The number of hydrogen-bond donors (Lipinski definition) is 1. The number of nitrogens with one attached hydrogen (secondary N) is 1. The Morgan fingerprint density at radius 3 is 2.25 bits per heavy atom. The van der Waals surface area contributed by atoms with E-state index in [9.17, 15) is 8.42 Å². The van der Waals surface area contributed by atoms with E-state index in [1.165, 1.54) is 0 Å². The summed E-state index contributed by atoms with van der Waals surface area (Å²) < 4.78 is 25.0. The van der Waals surface area contributed by atoms with Crippen molar-refractivity contribution in [3.8, 4) is 0 Å². The molecular weight excluding hydrogens is 269 g/mol. The molecule has 1 aromatic carbocycles. The van der Waals surface area contributed by atoms with Gasteiger partial charge in [0.15, 0.2) is 0 Å². The van der Waals surface area contributed by atoms with E-state index < -0.39 is 15.6 Å². The van der Waals surface area contributed by atoms with Crippen LogP contribution < -0.4 is 4.72 Å². The molecule has 0 atom stereocenters. The van der Waals surface area contributed by atoms with E-state index in [-0.39, 0.29) is 0 Å². The van der Waals surface area contributed by atoms with Crippen molar-refractivity contribution in [3.05, 3.63) is 33.8 Å². The first kappa shape index (κ1) is 13.8. The summed E-state index contributed by atoms with van der Waals surface area (Å²) in [4.78, 5) is 0. The van der Waals surface area contributed by atoms with E-state index in [1.807, 2.05) is 0 Å². The summed E-state index contributed by atoms with van der Waals surface area (Å²) in [6.45, 7) is 3.48. The van der Waals surface area contributed by atoms with Gasteiger partial charge in [0.2, 0.25) is 10.0 Å². The third kappa shape index (κ3) is 3.63. The van der Waals surface area contributed by atoms with Crippen LogP contribution in [-0.4, -0.2) is 14.7 Å². The minimum absolute atomic E-state index is 0.439. The van der Waals surface area contributed by atoms with E-state index in [0.29, 0.717) is 15.6 Å². The monoisotopic (exact) mass is 281 g/mol. The molecule has 3 nitrogen and oxygen atoms in total. The van der Waals surface area contributed by atoms with Gasteiger partial charge in [-0.05, 0) is 31.5 Å². The van der Waals surface area contributed by atoms with E-state index in [0.717, 1.165) is 6.26 Å². The van der Waals surface area contributed by atoms with Crippen LogP contribution in [0.1, 0.15) is 19.4 Å². The fraction of sp³-hybridized carbons (Fsp3) is 0.400. The summed E-state index contributed by atoms with van der Waals surface area (Å²) in [5.74, 6) is 0. The van der Waals surface area contributed by atoms with Crippen molar-refractivity contribution in [2.75, 3.05) is 6.26 Å². The average molecular weight is 282 g/mol. The standard InChI is InChI=1S/C10H13Cl2NO2S/c1-10(2,13-16(3,14)15)8-5-4-7(11)6-9(8)12/h4-6,13H,1-3H3. The normalized spacial score (nSPS) is 12.8. The SMILES string of the molecule is CC(C)(NS(C)(=O)=O)c1ccc(Cl)cc1Cl. The minimum atomic E-state index is -3.30. The second-order valence-electron chi connectivity index (χ2n) is 4.12. The van der Waals surface area contributed by atoms with Gasteiger partial charge in [-0.15, -0.1) is 0 Å². The molecule has 0 aromatic heterocycles. The lowest BCUT2D eigenvalue weighted by atomic mass is 9.96. The maximum absolute atomic E-state index is 11.2. The summed E-state index contributed by atoms with van der Waals surface area (Å²) in [5.41, 5.74) is -0.0843. The van der Waals surface area contributed by atoms with Crippen molar-refractivity contribution in [1.82, 2.24) is 4.72 Å². The highest BCUT2D eigenvalue weighted by molar-refractivity contribution is 7.88. The molecule has 0 fully saturated rings. The lowest BCUT2D eigenvalue weighted by molar-refractivity contribution is 0.475. The Morgan fingerprint density at radius 2 is 1.81 bits per heavy atom. The lowest BCUT2D eigenvalue weighted by Gasteiger charge is -2.26. The zero-order valence-corrected chi connectivity index (χ0v) is 11.5. The van der Waals surface area contributed by atoms with Gasteiger partial charge in [-0.1, -0.05) is 29.3 Å². The van der Waals surface area contributed by atoms with Crippen molar-refractivity contribution in [1.29, 1.82) is 0 Å². The number of hydrogen-bond acceptors (Lipinski definition) is 2. The molecule has 0 saturated heterocycles. The molecule has 0 aliphatic rings. The molecule has 0 unspecified atom stereocenters. The van der Waals surface area contributed by atoms with Crippen molar-refractivity contribution in [2.24, 2.45) is 0 Å². The molecule has 1 aromatic rings. The fourth-order valence-electron chi connectivity index (χ4n) is 1.51. The Hall–Kier alpha value is -0.290. The van der Waals surface area contributed by atoms with E-state index in [1.54, 1.807) is 32.0 Å². The van der Waals surface area contributed by atoms with E-state index >= 15 is 0 Å². The molecule has 0 heterocycles. The molecule has 0 aliphatic heterocycles. The highest BCUT2D eigenvalue weighted by Gasteiger charge is 2.26. The maximum atomic E-state index is 11.2. The third-order valence-corrected chi connectivity index (χ3v) is 3.47. The lowest BCUT2D eigenvalue weighted by Crippen LogP contribution is -2.40. The van der Waals surface area contributed by atoms with Crippen molar-refractivity contribution in [2.45, 2.75) is 19.4 Å². The minimum Gasteiger partial charge on any atom is -0.213 e. The molecule has 16 heavy (non-hydrogen) atoms. The van der Waals surface area contributed by atoms with Gasteiger partial charge in [-0.2, -0.15) is 0 Å². The molecule has 0 saturated carbocycles. The first-order chi connectivity index (χ1) is 7.12. The topological polar surface area (TPSA) is 46.2 Å². The Bertz CT molecular complexity index is 498. The van der Waals surface area contributed by atoms with Crippen molar-refractivity contribution in [3.63, 3.8) is 0 Å². The van der Waals surface area contributed by atoms with Crippen LogP contribution in [0.5, 0.6) is 0 Å². The predicted octanol–water partition coefficient (Wildman–Crippen LogP) is 2.78. The largest absolute Gasteiger partial charge is 0.213 e. The Balaban J connectivity index is 3.17. The van der Waals surface area contributed by atoms with Gasteiger partial charge >= 0.3 is 0 Å². The molecule has 0 spiro atoms. The predicted molar refractivity (Wildman–Crippen MR) is 67.5 cm³/mol. The van der Waals surface area contributed by atoms with Crippen LogP contribution in [0.3, 0.4) is 0 Å². The quantitative estimate of drug-likeness (QED) is 0.926. The molecule has 1 rings (SSSR count). The number of sulfonamides is 1. The van der Waals surface area contributed by atoms with Crippen LogP contribution in [0, 0.1) is 0 Å². The highest BCUT2D eigenvalue weighted by atomic mass is 35.5. The van der Waals surface area contributed by atoms with Gasteiger partial charge in [0, 0.05) is 10.0 Å². The van der Waals surface area contributed by atoms with Crippen LogP contribution in [0.15, 0.2) is 18.2 Å². The zero-order valence-electron chi connectivity index (χ0n) is 9.21. The van der Waals surface area contributed by atoms with Gasteiger partial charge in [-0.3, -0.25) is 0 Å². The Labute approximate surface area is 106 Å². The molecule has 0 amide bonds. The van der Waals surface area contributed by atoms with Gasteiger partial charge in [0.1, 0.15) is 0 Å². The van der Waals surface area contributed by atoms with Crippen LogP contribution in [0.2, 0.25) is 10.0 Å². The Kier molecular flexibility index (Phi) is 3.90. The third-order valence-electron chi connectivity index (χ3n) is 2.05. The summed E-state index contributed by atoms with van der Waals surface area (Å²) in [6.07, 6.45) is 1.11. The van der Waals surface area contributed by atoms with Gasteiger partial charge in [0.25, 0.3) is 0 Å². The summed E-state index contributed by atoms with van der Waals surface area (Å²) in [7, 11) is -3.30. The van der Waals surface area contributed by atoms with Crippen LogP contribution in [-0.2, 0) is 15.6 Å². The average Bonchev–Trinajstić information content (AvgIpc) is 1.97. The summed E-state index contributed by atoms with van der Waals surface area (Å²) in [6, 6.07) is 4.97.